The molecule has 6 nitrogen and oxygen atoms in total. The molecule has 6 rings (SSSR count). The fraction of sp³-hybridized carbons (Fsp3) is 0.414. The average Bonchev–Trinajstić information content (AvgIpc) is 3.20. The Kier molecular flexibility index (Phi) is 6.94. The molecule has 0 saturated carbocycles. The van der Waals surface area contributed by atoms with E-state index >= 15 is 0 Å². The van der Waals surface area contributed by atoms with E-state index in [9.17, 15) is 4.79 Å². The van der Waals surface area contributed by atoms with Gasteiger partial charge in [0.15, 0.2) is 0 Å². The summed E-state index contributed by atoms with van der Waals surface area (Å²) in [5.41, 5.74) is 0.776. The Morgan fingerprint density at radius 2 is 1.76 bits per heavy atom. The molecule has 0 aromatic heterocycles. The summed E-state index contributed by atoms with van der Waals surface area (Å²) >= 11 is 7.80. The molecule has 3 aromatic rings. The van der Waals surface area contributed by atoms with E-state index < -0.39 is 5.66 Å². The first-order valence-corrected chi connectivity index (χ1v) is 14.1. The topological polar surface area (TPSA) is 48.1 Å². The van der Waals surface area contributed by atoms with E-state index in [0.717, 1.165) is 59.7 Å². The third-order valence-electron chi connectivity index (χ3n) is 7.98. The van der Waals surface area contributed by atoms with Gasteiger partial charge in [0.2, 0.25) is 5.91 Å². The Balaban J connectivity index is 1.16. The van der Waals surface area contributed by atoms with Crippen molar-refractivity contribution in [1.29, 1.82) is 0 Å². The maximum Gasteiger partial charge on any atom is 0.239 e. The maximum atomic E-state index is 13.5. The highest BCUT2D eigenvalue weighted by Gasteiger charge is 2.57. The predicted molar refractivity (Wildman–Crippen MR) is 150 cm³/mol. The van der Waals surface area contributed by atoms with Gasteiger partial charge in [-0.25, -0.2) is 4.31 Å². The number of rotatable bonds is 6. The fourth-order valence-corrected chi connectivity index (χ4v) is 7.46. The number of halogens is 1. The van der Waals surface area contributed by atoms with Crippen LogP contribution >= 0.6 is 23.5 Å². The highest BCUT2D eigenvalue weighted by Crippen LogP contribution is 2.40. The van der Waals surface area contributed by atoms with Crippen molar-refractivity contribution in [2.75, 3.05) is 46.4 Å². The maximum absolute atomic E-state index is 13.5. The lowest BCUT2D eigenvalue weighted by atomic mass is 9.88. The normalized spacial score (nSPS) is 24.2. The number of carbonyl (C=O) groups excluding carboxylic acids is 1. The van der Waals surface area contributed by atoms with E-state index in [2.05, 4.69) is 68.0 Å². The number of ether oxygens (including phenoxy) is 1. The number of amides is 1. The molecule has 37 heavy (non-hydrogen) atoms. The Hall–Kier alpha value is -2.13. The van der Waals surface area contributed by atoms with Gasteiger partial charge in [-0.2, -0.15) is 0 Å². The van der Waals surface area contributed by atoms with Crippen molar-refractivity contribution in [2.24, 2.45) is 0 Å². The summed E-state index contributed by atoms with van der Waals surface area (Å²) in [6.45, 7) is 5.35. The van der Waals surface area contributed by atoms with Crippen molar-refractivity contribution in [3.63, 3.8) is 0 Å². The van der Waals surface area contributed by atoms with Gasteiger partial charge in [-0.05, 0) is 65.4 Å². The largest absolute Gasteiger partial charge is 0.381 e. The molecule has 0 bridgehead atoms. The van der Waals surface area contributed by atoms with Crippen molar-refractivity contribution >= 4 is 40.2 Å². The molecule has 3 fully saturated rings. The molecule has 3 heterocycles. The van der Waals surface area contributed by atoms with Crippen LogP contribution in [0.3, 0.4) is 0 Å². The van der Waals surface area contributed by atoms with Gasteiger partial charge < -0.3 is 9.64 Å². The van der Waals surface area contributed by atoms with Crippen LogP contribution in [0.15, 0.2) is 71.6 Å². The second kappa shape index (κ2) is 10.2. The number of fused-ring (bicyclic) bond motifs is 2. The van der Waals surface area contributed by atoms with Crippen molar-refractivity contribution in [3.05, 3.63) is 77.3 Å². The number of benzene rings is 3. The molecule has 0 unspecified atom stereocenters. The Morgan fingerprint density at radius 3 is 2.54 bits per heavy atom. The van der Waals surface area contributed by atoms with Gasteiger partial charge in [-0.3, -0.25) is 15.0 Å². The number of hydrogen-bond acceptors (Lipinski definition) is 6. The Labute approximate surface area is 228 Å². The van der Waals surface area contributed by atoms with E-state index in [1.165, 1.54) is 5.56 Å². The molecule has 1 atom stereocenters. The van der Waals surface area contributed by atoms with Crippen LogP contribution in [0.4, 0.5) is 0 Å². The van der Waals surface area contributed by atoms with E-state index in [-0.39, 0.29) is 11.4 Å². The minimum absolute atomic E-state index is 0.0652. The van der Waals surface area contributed by atoms with Crippen molar-refractivity contribution in [3.8, 4) is 0 Å². The zero-order chi connectivity index (χ0) is 25.5. The zero-order valence-corrected chi connectivity index (χ0v) is 22.7. The lowest BCUT2D eigenvalue weighted by molar-refractivity contribution is -0.144. The number of hydrogen-bond donors (Lipinski definition) is 1. The minimum Gasteiger partial charge on any atom is -0.381 e. The van der Waals surface area contributed by atoms with Gasteiger partial charge in [0.1, 0.15) is 5.66 Å². The summed E-state index contributed by atoms with van der Waals surface area (Å²) in [5.74, 6) is 0.166. The van der Waals surface area contributed by atoms with Crippen LogP contribution < -0.4 is 5.32 Å². The molecule has 3 aromatic carbocycles. The number of piperazine rings is 1. The number of nitrogens with zero attached hydrogens (tertiary/aromatic N) is 3. The van der Waals surface area contributed by atoms with Crippen molar-refractivity contribution in [2.45, 2.75) is 35.5 Å². The summed E-state index contributed by atoms with van der Waals surface area (Å²) < 4.78 is 7.91. The van der Waals surface area contributed by atoms with Crippen LogP contribution in [0, 0.1) is 0 Å². The second-order valence-corrected chi connectivity index (χ2v) is 12.3. The molecule has 1 amide bonds. The molecule has 1 N–H and O–H groups in total. The first-order chi connectivity index (χ1) is 18.0. The fourth-order valence-electron chi connectivity index (χ4n) is 6.22. The monoisotopic (exact) mass is 536 g/mol. The molecule has 0 aliphatic carbocycles. The molecular formula is C29H33ClN4O2S. The Morgan fingerprint density at radius 1 is 1.00 bits per heavy atom. The number of methoxy groups -OCH3 is 1. The van der Waals surface area contributed by atoms with Crippen LogP contribution in [0.1, 0.15) is 18.4 Å². The molecule has 1 spiro atoms. The lowest BCUT2D eigenvalue weighted by Crippen LogP contribution is -2.68. The molecular weight excluding hydrogens is 504 g/mol. The quantitative estimate of drug-likeness (QED) is 0.464. The van der Waals surface area contributed by atoms with Crippen LogP contribution in [0.5, 0.6) is 0 Å². The van der Waals surface area contributed by atoms with E-state index in [1.54, 1.807) is 19.1 Å². The van der Waals surface area contributed by atoms with E-state index in [4.69, 9.17) is 16.3 Å². The lowest BCUT2D eigenvalue weighted by Gasteiger charge is -2.46. The van der Waals surface area contributed by atoms with Crippen LogP contribution in [-0.4, -0.2) is 77.7 Å². The van der Waals surface area contributed by atoms with Crippen molar-refractivity contribution in [1.82, 2.24) is 19.4 Å². The first kappa shape index (κ1) is 25.2. The summed E-state index contributed by atoms with van der Waals surface area (Å²) in [7, 11) is 1.73. The highest BCUT2D eigenvalue weighted by molar-refractivity contribution is 7.97. The molecule has 3 aliphatic heterocycles. The minimum atomic E-state index is -0.511. The predicted octanol–water partition coefficient (Wildman–Crippen LogP) is 4.63. The molecule has 194 valence electrons. The smallest absolute Gasteiger partial charge is 0.239 e. The van der Waals surface area contributed by atoms with E-state index in [0.29, 0.717) is 19.7 Å². The third kappa shape index (κ3) is 5.13. The summed E-state index contributed by atoms with van der Waals surface area (Å²) in [6.07, 6.45) is 2.05. The van der Waals surface area contributed by atoms with Crippen LogP contribution in [0.2, 0.25) is 5.02 Å². The summed E-state index contributed by atoms with van der Waals surface area (Å²) in [5, 5.41) is 6.97. The molecule has 8 heteroatoms. The van der Waals surface area contributed by atoms with Crippen molar-refractivity contribution < 1.29 is 9.53 Å². The van der Waals surface area contributed by atoms with Gasteiger partial charge >= 0.3 is 0 Å². The van der Waals surface area contributed by atoms with Gasteiger partial charge in [0.05, 0.1) is 13.2 Å². The van der Waals surface area contributed by atoms with Gasteiger partial charge in [-0.15, -0.1) is 0 Å². The summed E-state index contributed by atoms with van der Waals surface area (Å²) in [6, 6.07) is 23.0. The van der Waals surface area contributed by atoms with Crippen LogP contribution in [0.25, 0.3) is 10.8 Å². The van der Waals surface area contributed by atoms with Gasteiger partial charge in [0, 0.05) is 55.3 Å². The SMILES string of the molecule is COC[C@@]12CN(Sc3ccc4cc(Cl)ccc4c3)CC(=O)N1CC1(CCN(Cc3ccccc3)CC1)N2. The number of carbonyl (C=O) groups is 1. The third-order valence-corrected chi connectivity index (χ3v) is 9.20. The molecule has 0 radical (unpaired) electrons. The average molecular weight is 537 g/mol. The van der Waals surface area contributed by atoms with Gasteiger partial charge in [0.25, 0.3) is 0 Å². The summed E-state index contributed by atoms with van der Waals surface area (Å²) in [4.78, 5) is 19.2. The van der Waals surface area contributed by atoms with Gasteiger partial charge in [-0.1, -0.05) is 54.1 Å². The highest BCUT2D eigenvalue weighted by atomic mass is 35.5. The second-order valence-electron chi connectivity index (χ2n) is 10.7. The number of piperidine rings is 1. The molecule has 3 saturated heterocycles. The Bertz CT molecular complexity index is 1280. The zero-order valence-electron chi connectivity index (χ0n) is 21.2. The first-order valence-electron chi connectivity index (χ1n) is 12.9. The van der Waals surface area contributed by atoms with Crippen LogP contribution in [-0.2, 0) is 16.1 Å². The standard InChI is InChI=1S/C29H33ClN4O2S/c1-36-21-29-20-33(37-26-10-8-23-15-25(30)9-7-24(23)16-26)18-27(35)34(29)19-28(31-29)11-13-32(14-12-28)17-22-5-3-2-4-6-22/h2-10,15-16,31H,11-14,17-21H2,1H3/t29-/m1/s1. The number of nitrogens with one attached hydrogen (secondary N) is 1. The number of likely N-dealkylation sites (tertiary alicyclic amines) is 1. The molecule has 3 aliphatic rings. The van der Waals surface area contributed by atoms with E-state index in [1.807, 2.05) is 18.2 Å².